The summed E-state index contributed by atoms with van der Waals surface area (Å²) in [6, 6.07) is 8.65. The predicted molar refractivity (Wildman–Crippen MR) is 162 cm³/mol. The number of rotatable bonds is 22. The summed E-state index contributed by atoms with van der Waals surface area (Å²) in [6.45, 7) is 4.35. The molecule has 0 aliphatic rings. The Hall–Kier alpha value is 0.0600. The fourth-order valence-corrected chi connectivity index (χ4v) is 6.73. The minimum atomic E-state index is -4.75. The molecule has 232 valence electrons. The quantitative estimate of drug-likeness (QED) is 0.109. The van der Waals surface area contributed by atoms with E-state index < -0.39 is 20.2 Å². The third-order valence-electron chi connectivity index (χ3n) is 7.50. The standard InChI is InChI=1S/C32H50O7S2.2Na/c1-3-5-7-9-11-13-15-17-21-27-29(23-19-25-31(27)40(33,34)35)39-30-24-20-26-32(41(36,37)38)28(30)22-18-16-14-12-10-8-6-4-2;;/h19-20,23-26H,3-18,21-22H2,1-2H3,(H,33,34,35)(H,36,37,38);;/q;2*+1/p-2. The van der Waals surface area contributed by atoms with Crippen molar-refractivity contribution in [2.45, 2.75) is 139 Å². The molecule has 7 nitrogen and oxygen atoms in total. The topological polar surface area (TPSA) is 124 Å². The first-order valence-electron chi connectivity index (χ1n) is 15.4. The molecule has 0 bridgehead atoms. The molecule has 0 spiro atoms. The third-order valence-corrected chi connectivity index (χ3v) is 9.34. The molecule has 0 N–H and O–H groups in total. The predicted octanol–water partition coefficient (Wildman–Crippen LogP) is 2.66. The van der Waals surface area contributed by atoms with E-state index in [1.807, 2.05) is 0 Å². The Balaban J connectivity index is 0.00000882. The van der Waals surface area contributed by atoms with Gasteiger partial charge in [-0.05, 0) is 49.9 Å². The van der Waals surface area contributed by atoms with Crippen LogP contribution in [0.1, 0.15) is 128 Å². The summed E-state index contributed by atoms with van der Waals surface area (Å²) < 4.78 is 78.8. The van der Waals surface area contributed by atoms with E-state index in [2.05, 4.69) is 13.8 Å². The zero-order valence-electron chi connectivity index (χ0n) is 26.9. The number of hydrogen-bond acceptors (Lipinski definition) is 7. The summed E-state index contributed by atoms with van der Waals surface area (Å²) in [5.41, 5.74) is 0.587. The van der Waals surface area contributed by atoms with Crippen molar-refractivity contribution in [1.29, 1.82) is 0 Å². The summed E-state index contributed by atoms with van der Waals surface area (Å²) >= 11 is 0. The molecule has 0 aliphatic carbocycles. The second-order valence-corrected chi connectivity index (χ2v) is 13.6. The third kappa shape index (κ3) is 16.4. The molecule has 43 heavy (non-hydrogen) atoms. The van der Waals surface area contributed by atoms with Gasteiger partial charge in [-0.1, -0.05) is 116 Å². The summed E-state index contributed by atoms with van der Waals surface area (Å²) in [4.78, 5) is -0.648. The second kappa shape index (κ2) is 23.4. The Morgan fingerprint density at radius 3 is 1.12 bits per heavy atom. The van der Waals surface area contributed by atoms with Crippen LogP contribution in [0.15, 0.2) is 46.2 Å². The van der Waals surface area contributed by atoms with E-state index in [-0.39, 0.29) is 80.4 Å². The fourth-order valence-electron chi connectivity index (χ4n) is 5.23. The van der Waals surface area contributed by atoms with Crippen LogP contribution >= 0.6 is 0 Å². The van der Waals surface area contributed by atoms with Gasteiger partial charge in [0, 0.05) is 11.1 Å². The SMILES string of the molecule is CCCCCCCCCCc1c(Oc2cccc(S(=O)(=O)[O-])c2CCCCCCCCCC)cccc1S(=O)(=O)[O-].[Na+].[Na+]. The average molecular weight is 655 g/mol. The molecule has 2 aromatic rings. The summed E-state index contributed by atoms with van der Waals surface area (Å²) in [5.74, 6) is 0.394. The number of benzene rings is 2. The Bertz CT molecular complexity index is 1170. The van der Waals surface area contributed by atoms with E-state index in [0.717, 1.165) is 38.5 Å². The average Bonchev–Trinajstić information content (AvgIpc) is 2.91. The molecule has 2 rings (SSSR count). The Labute approximate surface area is 305 Å². The van der Waals surface area contributed by atoms with Crippen molar-refractivity contribution in [2.75, 3.05) is 0 Å². The maximum Gasteiger partial charge on any atom is 1.00 e. The van der Waals surface area contributed by atoms with Crippen molar-refractivity contribution in [2.24, 2.45) is 0 Å². The van der Waals surface area contributed by atoms with Gasteiger partial charge < -0.3 is 13.8 Å². The van der Waals surface area contributed by atoms with E-state index in [4.69, 9.17) is 4.74 Å². The smallest absolute Gasteiger partial charge is 0.744 e. The molecule has 0 radical (unpaired) electrons. The van der Waals surface area contributed by atoms with Crippen LogP contribution in [-0.4, -0.2) is 25.9 Å². The van der Waals surface area contributed by atoms with Crippen molar-refractivity contribution in [3.8, 4) is 11.5 Å². The number of hydrogen-bond donors (Lipinski definition) is 0. The van der Waals surface area contributed by atoms with Crippen LogP contribution in [0.4, 0.5) is 0 Å². The van der Waals surface area contributed by atoms with Crippen molar-refractivity contribution in [3.63, 3.8) is 0 Å². The van der Waals surface area contributed by atoms with Gasteiger partial charge >= 0.3 is 59.1 Å². The van der Waals surface area contributed by atoms with Gasteiger partial charge in [0.1, 0.15) is 31.7 Å². The van der Waals surface area contributed by atoms with Crippen LogP contribution in [0, 0.1) is 0 Å². The molecule has 11 heteroatoms. The van der Waals surface area contributed by atoms with E-state index >= 15 is 0 Å². The van der Waals surface area contributed by atoms with Crippen molar-refractivity contribution >= 4 is 20.2 Å². The van der Waals surface area contributed by atoms with Crippen molar-refractivity contribution in [3.05, 3.63) is 47.5 Å². The molecule has 0 heterocycles. The molecule has 0 aliphatic heterocycles. The molecule has 0 saturated carbocycles. The molecule has 0 unspecified atom stereocenters. The first-order valence-corrected chi connectivity index (χ1v) is 18.2. The van der Waals surface area contributed by atoms with Crippen LogP contribution in [0.25, 0.3) is 0 Å². The first kappa shape index (κ1) is 43.1. The Morgan fingerprint density at radius 1 is 0.512 bits per heavy atom. The van der Waals surface area contributed by atoms with Gasteiger partial charge in [0.25, 0.3) is 0 Å². The van der Waals surface area contributed by atoms with Gasteiger partial charge in [-0.2, -0.15) is 0 Å². The van der Waals surface area contributed by atoms with Crippen molar-refractivity contribution < 1.29 is 89.8 Å². The van der Waals surface area contributed by atoms with Gasteiger partial charge in [-0.15, -0.1) is 0 Å². The molecule has 0 aromatic heterocycles. The Morgan fingerprint density at radius 2 is 0.814 bits per heavy atom. The second-order valence-electron chi connectivity index (χ2n) is 10.9. The zero-order valence-corrected chi connectivity index (χ0v) is 32.5. The van der Waals surface area contributed by atoms with Gasteiger partial charge in [0.15, 0.2) is 0 Å². The Kier molecular flexibility index (Phi) is 23.4. The maximum atomic E-state index is 12.1. The normalized spacial score (nSPS) is 11.5. The van der Waals surface area contributed by atoms with Gasteiger partial charge in [0.2, 0.25) is 0 Å². The van der Waals surface area contributed by atoms with Crippen LogP contribution in [0.2, 0.25) is 0 Å². The summed E-state index contributed by atoms with van der Waals surface area (Å²) in [6.07, 6.45) is 17.7. The molecule has 0 amide bonds. The van der Waals surface area contributed by atoms with E-state index in [1.54, 1.807) is 12.1 Å². The first-order chi connectivity index (χ1) is 19.6. The minimum absolute atomic E-state index is 0. The molecule has 0 atom stereocenters. The van der Waals surface area contributed by atoms with Crippen LogP contribution in [0.5, 0.6) is 11.5 Å². The molecule has 0 saturated heterocycles. The van der Waals surface area contributed by atoms with Crippen LogP contribution < -0.4 is 63.9 Å². The monoisotopic (exact) mass is 654 g/mol. The molecule has 2 aromatic carbocycles. The summed E-state index contributed by atoms with van der Waals surface area (Å²) in [5, 5.41) is 0. The molecular weight excluding hydrogens is 606 g/mol. The minimum Gasteiger partial charge on any atom is -0.744 e. The van der Waals surface area contributed by atoms with Crippen LogP contribution in [-0.2, 0) is 33.1 Å². The molecular formula is C32H48Na2O7S2. The number of unbranched alkanes of at least 4 members (excludes halogenated alkanes) is 14. The van der Waals surface area contributed by atoms with Crippen molar-refractivity contribution in [1.82, 2.24) is 0 Å². The van der Waals surface area contributed by atoms with Crippen LogP contribution in [0.3, 0.4) is 0 Å². The van der Waals surface area contributed by atoms with E-state index in [1.165, 1.54) is 75.6 Å². The largest absolute Gasteiger partial charge is 1.00 e. The van der Waals surface area contributed by atoms with Gasteiger partial charge in [0.05, 0.1) is 9.79 Å². The maximum absolute atomic E-state index is 12.1. The van der Waals surface area contributed by atoms with Gasteiger partial charge in [-0.25, -0.2) is 16.8 Å². The number of ether oxygens (including phenoxy) is 1. The summed E-state index contributed by atoms with van der Waals surface area (Å²) in [7, 11) is -9.50. The van der Waals surface area contributed by atoms with Gasteiger partial charge in [-0.3, -0.25) is 0 Å². The fraction of sp³-hybridized carbons (Fsp3) is 0.625. The van der Waals surface area contributed by atoms with E-state index in [9.17, 15) is 25.9 Å². The van der Waals surface area contributed by atoms with E-state index in [0.29, 0.717) is 36.8 Å². The zero-order chi connectivity index (χ0) is 30.1. The molecule has 0 fully saturated rings.